The Bertz CT molecular complexity index is 463. The largest absolute Gasteiger partial charge is 0.336 e. The smallest absolute Gasteiger partial charge is 0.110 e. The van der Waals surface area contributed by atoms with Crippen molar-refractivity contribution >= 4 is 31.9 Å². The van der Waals surface area contributed by atoms with Gasteiger partial charge in [-0.15, -0.1) is 0 Å². The molecule has 0 fully saturated rings. The van der Waals surface area contributed by atoms with Crippen LogP contribution in [-0.4, -0.2) is 9.97 Å². The maximum Gasteiger partial charge on any atom is 0.110 e. The Labute approximate surface area is 99.0 Å². The van der Waals surface area contributed by atoms with Gasteiger partial charge in [0.05, 0.1) is 0 Å². The minimum absolute atomic E-state index is 0.909. The van der Waals surface area contributed by atoms with E-state index in [9.17, 15) is 0 Å². The first-order valence-electron chi connectivity index (χ1n) is 4.15. The van der Waals surface area contributed by atoms with Crippen molar-refractivity contribution in [3.8, 4) is 11.3 Å². The fourth-order valence-electron chi connectivity index (χ4n) is 1.29. The number of nitrogens with one attached hydrogen (secondary N) is 1. The summed E-state index contributed by atoms with van der Waals surface area (Å²) in [6.45, 7) is 1.94. The first kappa shape index (κ1) is 9.93. The first-order chi connectivity index (χ1) is 6.66. The second-order valence-corrected chi connectivity index (χ2v) is 4.70. The molecule has 1 heterocycles. The zero-order valence-corrected chi connectivity index (χ0v) is 10.7. The lowest BCUT2D eigenvalue weighted by atomic mass is 10.2. The molecule has 4 heteroatoms. The summed E-state index contributed by atoms with van der Waals surface area (Å²) < 4.78 is 1.98. The van der Waals surface area contributed by atoms with Crippen LogP contribution in [0.3, 0.4) is 0 Å². The Hall–Kier alpha value is -0.610. The molecule has 1 aromatic heterocycles. The van der Waals surface area contributed by atoms with Crippen LogP contribution in [0.25, 0.3) is 11.3 Å². The highest BCUT2D eigenvalue weighted by Crippen LogP contribution is 2.27. The van der Waals surface area contributed by atoms with Crippen LogP contribution in [0.15, 0.2) is 33.3 Å². The van der Waals surface area contributed by atoms with Crippen LogP contribution in [0, 0.1) is 6.92 Å². The third-order valence-corrected chi connectivity index (χ3v) is 2.94. The van der Waals surface area contributed by atoms with E-state index in [1.807, 2.05) is 31.2 Å². The molecule has 1 aromatic carbocycles. The van der Waals surface area contributed by atoms with Gasteiger partial charge >= 0.3 is 0 Å². The SMILES string of the molecule is Cc1nc(-c2cccc(Br)c2)c(Br)[nH]1. The maximum absolute atomic E-state index is 4.40. The molecule has 0 unspecified atom stereocenters. The van der Waals surface area contributed by atoms with Crippen LogP contribution in [0.5, 0.6) is 0 Å². The number of aromatic nitrogens is 2. The van der Waals surface area contributed by atoms with Gasteiger partial charge in [-0.05, 0) is 35.0 Å². The van der Waals surface area contributed by atoms with E-state index in [1.165, 1.54) is 0 Å². The van der Waals surface area contributed by atoms with Gasteiger partial charge in [-0.1, -0.05) is 28.1 Å². The number of nitrogens with zero attached hydrogens (tertiary/aromatic N) is 1. The molecule has 0 amide bonds. The summed E-state index contributed by atoms with van der Waals surface area (Å²) in [6.07, 6.45) is 0. The van der Waals surface area contributed by atoms with Crippen molar-refractivity contribution in [3.63, 3.8) is 0 Å². The highest BCUT2D eigenvalue weighted by molar-refractivity contribution is 9.10. The monoisotopic (exact) mass is 314 g/mol. The minimum Gasteiger partial charge on any atom is -0.336 e. The molecule has 2 nitrogen and oxygen atoms in total. The standard InChI is InChI=1S/C10H8Br2N2/c1-6-13-9(10(12)14-6)7-3-2-4-8(11)5-7/h2-5H,1H3,(H,13,14). The third-order valence-electron chi connectivity index (χ3n) is 1.88. The van der Waals surface area contributed by atoms with Gasteiger partial charge in [-0.2, -0.15) is 0 Å². The van der Waals surface area contributed by atoms with Gasteiger partial charge in [0.25, 0.3) is 0 Å². The van der Waals surface area contributed by atoms with Crippen molar-refractivity contribution in [2.45, 2.75) is 6.92 Å². The number of halogens is 2. The molecule has 1 N–H and O–H groups in total. The lowest BCUT2D eigenvalue weighted by Crippen LogP contribution is -1.78. The number of aryl methyl sites for hydroxylation is 1. The Morgan fingerprint density at radius 3 is 2.64 bits per heavy atom. The predicted molar refractivity (Wildman–Crippen MR) is 64.2 cm³/mol. The van der Waals surface area contributed by atoms with Crippen molar-refractivity contribution in [1.82, 2.24) is 9.97 Å². The van der Waals surface area contributed by atoms with E-state index in [-0.39, 0.29) is 0 Å². The lowest BCUT2D eigenvalue weighted by molar-refractivity contribution is 1.14. The van der Waals surface area contributed by atoms with E-state index < -0.39 is 0 Å². The van der Waals surface area contributed by atoms with E-state index in [0.717, 1.165) is 26.2 Å². The molecular formula is C10H8Br2N2. The second kappa shape index (κ2) is 3.87. The Morgan fingerprint density at radius 2 is 2.07 bits per heavy atom. The predicted octanol–water partition coefficient (Wildman–Crippen LogP) is 3.91. The summed E-state index contributed by atoms with van der Waals surface area (Å²) in [6, 6.07) is 8.07. The summed E-state index contributed by atoms with van der Waals surface area (Å²) in [5.74, 6) is 0.909. The number of rotatable bonds is 1. The van der Waals surface area contributed by atoms with Crippen LogP contribution in [0.1, 0.15) is 5.82 Å². The number of benzene rings is 1. The van der Waals surface area contributed by atoms with Crippen LogP contribution in [0.4, 0.5) is 0 Å². The topological polar surface area (TPSA) is 28.7 Å². The molecule has 0 aliphatic rings. The van der Waals surface area contributed by atoms with Crippen molar-refractivity contribution in [2.75, 3.05) is 0 Å². The molecule has 0 aliphatic heterocycles. The Kier molecular flexibility index (Phi) is 2.74. The summed E-state index contributed by atoms with van der Waals surface area (Å²) in [5.41, 5.74) is 2.04. The summed E-state index contributed by atoms with van der Waals surface area (Å²) in [5, 5.41) is 0. The molecule has 2 aromatic rings. The maximum atomic E-state index is 4.40. The molecular weight excluding hydrogens is 308 g/mol. The molecule has 0 bridgehead atoms. The molecule has 0 radical (unpaired) electrons. The quantitative estimate of drug-likeness (QED) is 0.849. The number of imidazole rings is 1. The van der Waals surface area contributed by atoms with Crippen molar-refractivity contribution < 1.29 is 0 Å². The molecule has 72 valence electrons. The zero-order valence-electron chi connectivity index (χ0n) is 7.51. The summed E-state index contributed by atoms with van der Waals surface area (Å²) in [4.78, 5) is 7.51. The Morgan fingerprint density at radius 1 is 1.29 bits per heavy atom. The van der Waals surface area contributed by atoms with E-state index >= 15 is 0 Å². The van der Waals surface area contributed by atoms with Crippen LogP contribution in [-0.2, 0) is 0 Å². The van der Waals surface area contributed by atoms with Gasteiger partial charge in [0.1, 0.15) is 16.1 Å². The molecule has 0 saturated heterocycles. The number of hydrogen-bond donors (Lipinski definition) is 1. The van der Waals surface area contributed by atoms with E-state index in [4.69, 9.17) is 0 Å². The minimum atomic E-state index is 0.909. The van der Waals surface area contributed by atoms with Crippen LogP contribution in [0.2, 0.25) is 0 Å². The van der Waals surface area contributed by atoms with Crippen LogP contribution < -0.4 is 0 Å². The van der Waals surface area contributed by atoms with E-state index in [2.05, 4.69) is 41.8 Å². The zero-order chi connectivity index (χ0) is 10.1. The summed E-state index contributed by atoms with van der Waals surface area (Å²) >= 11 is 6.88. The molecule has 2 rings (SSSR count). The van der Waals surface area contributed by atoms with E-state index in [0.29, 0.717) is 0 Å². The average Bonchev–Trinajstić information content (AvgIpc) is 2.45. The van der Waals surface area contributed by atoms with Gasteiger partial charge in [-0.3, -0.25) is 0 Å². The number of aromatic amines is 1. The van der Waals surface area contributed by atoms with Gasteiger partial charge in [0.2, 0.25) is 0 Å². The highest BCUT2D eigenvalue weighted by Gasteiger charge is 2.07. The highest BCUT2D eigenvalue weighted by atomic mass is 79.9. The van der Waals surface area contributed by atoms with Crippen molar-refractivity contribution in [1.29, 1.82) is 0 Å². The van der Waals surface area contributed by atoms with Gasteiger partial charge in [0.15, 0.2) is 0 Å². The van der Waals surface area contributed by atoms with E-state index in [1.54, 1.807) is 0 Å². The third kappa shape index (κ3) is 1.91. The fourth-order valence-corrected chi connectivity index (χ4v) is 2.29. The Balaban J connectivity index is 2.54. The van der Waals surface area contributed by atoms with Gasteiger partial charge < -0.3 is 4.98 Å². The molecule has 0 aliphatic carbocycles. The first-order valence-corrected chi connectivity index (χ1v) is 5.73. The van der Waals surface area contributed by atoms with Crippen molar-refractivity contribution in [2.24, 2.45) is 0 Å². The summed E-state index contributed by atoms with van der Waals surface area (Å²) in [7, 11) is 0. The van der Waals surface area contributed by atoms with Crippen molar-refractivity contribution in [3.05, 3.63) is 39.2 Å². The molecule has 0 spiro atoms. The second-order valence-electron chi connectivity index (χ2n) is 3.00. The number of H-pyrrole nitrogens is 1. The molecule has 0 atom stereocenters. The average molecular weight is 316 g/mol. The lowest BCUT2D eigenvalue weighted by Gasteiger charge is -1.97. The van der Waals surface area contributed by atoms with Gasteiger partial charge in [-0.25, -0.2) is 4.98 Å². The molecule has 0 saturated carbocycles. The van der Waals surface area contributed by atoms with Gasteiger partial charge in [0, 0.05) is 10.0 Å². The molecule has 14 heavy (non-hydrogen) atoms. The number of hydrogen-bond acceptors (Lipinski definition) is 1. The fraction of sp³-hybridized carbons (Fsp3) is 0.100. The normalized spacial score (nSPS) is 10.5. The van der Waals surface area contributed by atoms with Crippen LogP contribution >= 0.6 is 31.9 Å².